The minimum absolute atomic E-state index is 0.684. The molecule has 22 heavy (non-hydrogen) atoms. The van der Waals surface area contributed by atoms with Crippen LogP contribution in [0.4, 0.5) is 0 Å². The molecule has 0 saturated heterocycles. The molecular formula is C17H29N3OS. The molecule has 0 aliphatic carbocycles. The van der Waals surface area contributed by atoms with E-state index in [9.17, 15) is 0 Å². The number of ether oxygens (including phenoxy) is 1. The molecule has 1 rings (SSSR count). The zero-order chi connectivity index (χ0) is 16.0. The molecular weight excluding hydrogens is 294 g/mol. The average Bonchev–Trinajstić information content (AvgIpc) is 2.56. The van der Waals surface area contributed by atoms with E-state index in [1.807, 2.05) is 25.7 Å². The molecule has 1 aromatic rings. The number of unbranched alkanes of at least 4 members (excludes halogenated alkanes) is 1. The van der Waals surface area contributed by atoms with Gasteiger partial charge in [-0.2, -0.15) is 11.8 Å². The zero-order valence-electron chi connectivity index (χ0n) is 14.0. The standard InChI is InChI=1S/C17H29N3OS/c1-4-21-14-16-9-7-15(8-10-16)13-20-17(18-2)19-11-5-6-12-22-3/h7-10H,4-6,11-14H2,1-3H3,(H2,18,19,20). The summed E-state index contributed by atoms with van der Waals surface area (Å²) in [6, 6.07) is 8.50. The number of guanidine groups is 1. The summed E-state index contributed by atoms with van der Waals surface area (Å²) in [7, 11) is 1.81. The number of benzene rings is 1. The average molecular weight is 324 g/mol. The summed E-state index contributed by atoms with van der Waals surface area (Å²) in [5.74, 6) is 2.09. The summed E-state index contributed by atoms with van der Waals surface area (Å²) >= 11 is 1.90. The van der Waals surface area contributed by atoms with Crippen LogP contribution in [0.3, 0.4) is 0 Å². The van der Waals surface area contributed by atoms with Gasteiger partial charge in [0.25, 0.3) is 0 Å². The van der Waals surface area contributed by atoms with Crippen molar-refractivity contribution in [3.8, 4) is 0 Å². The second-order valence-electron chi connectivity index (χ2n) is 5.01. The lowest BCUT2D eigenvalue weighted by molar-refractivity contribution is 0.134. The number of nitrogens with zero attached hydrogens (tertiary/aromatic N) is 1. The molecule has 0 spiro atoms. The van der Waals surface area contributed by atoms with E-state index in [2.05, 4.69) is 46.1 Å². The molecule has 0 aliphatic heterocycles. The van der Waals surface area contributed by atoms with Crippen LogP contribution < -0.4 is 10.6 Å². The summed E-state index contributed by atoms with van der Waals surface area (Å²) in [6.45, 7) is 5.19. The molecule has 0 saturated carbocycles. The summed E-state index contributed by atoms with van der Waals surface area (Å²) in [5, 5.41) is 6.69. The number of hydrogen-bond donors (Lipinski definition) is 2. The molecule has 0 aromatic heterocycles. The van der Waals surface area contributed by atoms with E-state index >= 15 is 0 Å². The molecule has 0 amide bonds. The van der Waals surface area contributed by atoms with Crippen molar-refractivity contribution in [2.75, 3.05) is 32.2 Å². The molecule has 2 N–H and O–H groups in total. The van der Waals surface area contributed by atoms with Crippen molar-refractivity contribution >= 4 is 17.7 Å². The van der Waals surface area contributed by atoms with Crippen LogP contribution in [0.1, 0.15) is 30.9 Å². The van der Waals surface area contributed by atoms with Gasteiger partial charge in [0.15, 0.2) is 5.96 Å². The smallest absolute Gasteiger partial charge is 0.191 e. The fourth-order valence-electron chi connectivity index (χ4n) is 1.96. The first kappa shape index (κ1) is 18.8. The van der Waals surface area contributed by atoms with Crippen molar-refractivity contribution in [1.29, 1.82) is 0 Å². The highest BCUT2D eigenvalue weighted by Gasteiger charge is 1.99. The number of aliphatic imine (C=N–C) groups is 1. The fourth-order valence-corrected chi connectivity index (χ4v) is 2.45. The first-order valence-electron chi connectivity index (χ1n) is 7.89. The third kappa shape index (κ3) is 8.29. The number of thioether (sulfide) groups is 1. The van der Waals surface area contributed by atoms with Gasteiger partial charge in [0.05, 0.1) is 6.61 Å². The monoisotopic (exact) mass is 323 g/mol. The molecule has 0 atom stereocenters. The molecule has 1 aromatic carbocycles. The molecule has 0 heterocycles. The van der Waals surface area contributed by atoms with Gasteiger partial charge in [-0.15, -0.1) is 0 Å². The summed E-state index contributed by atoms with van der Waals surface area (Å²) in [4.78, 5) is 4.25. The van der Waals surface area contributed by atoms with Crippen molar-refractivity contribution in [3.63, 3.8) is 0 Å². The van der Waals surface area contributed by atoms with Crippen LogP contribution in [-0.4, -0.2) is 38.2 Å². The minimum Gasteiger partial charge on any atom is -0.377 e. The third-order valence-electron chi connectivity index (χ3n) is 3.25. The Bertz CT molecular complexity index is 420. The third-order valence-corrected chi connectivity index (χ3v) is 3.94. The Hall–Kier alpha value is -1.20. The van der Waals surface area contributed by atoms with Gasteiger partial charge in [-0.05, 0) is 42.9 Å². The maximum absolute atomic E-state index is 5.40. The Kier molecular flexibility index (Phi) is 10.6. The largest absolute Gasteiger partial charge is 0.377 e. The summed E-state index contributed by atoms with van der Waals surface area (Å²) in [6.07, 6.45) is 4.56. The quantitative estimate of drug-likeness (QED) is 0.395. The second-order valence-corrected chi connectivity index (χ2v) is 5.99. The molecule has 5 heteroatoms. The van der Waals surface area contributed by atoms with Crippen LogP contribution in [0.25, 0.3) is 0 Å². The van der Waals surface area contributed by atoms with Gasteiger partial charge >= 0.3 is 0 Å². The first-order chi connectivity index (χ1) is 10.8. The Balaban J connectivity index is 2.27. The van der Waals surface area contributed by atoms with E-state index < -0.39 is 0 Å². The van der Waals surface area contributed by atoms with Gasteiger partial charge in [-0.3, -0.25) is 4.99 Å². The van der Waals surface area contributed by atoms with Crippen LogP contribution in [0.5, 0.6) is 0 Å². The van der Waals surface area contributed by atoms with Gasteiger partial charge in [-0.1, -0.05) is 24.3 Å². The molecule has 0 bridgehead atoms. The Labute approximate surface area is 139 Å². The predicted octanol–water partition coefficient (Wildman–Crippen LogP) is 3.03. The van der Waals surface area contributed by atoms with E-state index in [-0.39, 0.29) is 0 Å². The highest BCUT2D eigenvalue weighted by Crippen LogP contribution is 2.05. The Morgan fingerprint density at radius 2 is 1.86 bits per heavy atom. The van der Waals surface area contributed by atoms with Gasteiger partial charge in [0, 0.05) is 26.7 Å². The first-order valence-corrected chi connectivity index (χ1v) is 9.28. The highest BCUT2D eigenvalue weighted by atomic mass is 32.2. The lowest BCUT2D eigenvalue weighted by atomic mass is 10.1. The normalized spacial score (nSPS) is 11.5. The minimum atomic E-state index is 0.684. The SMILES string of the molecule is CCOCc1ccc(CNC(=NC)NCCCCSC)cc1. The van der Waals surface area contributed by atoms with Crippen molar-refractivity contribution in [1.82, 2.24) is 10.6 Å². The van der Waals surface area contributed by atoms with E-state index in [4.69, 9.17) is 4.74 Å². The summed E-state index contributed by atoms with van der Waals surface area (Å²) in [5.41, 5.74) is 2.45. The Morgan fingerprint density at radius 3 is 2.50 bits per heavy atom. The van der Waals surface area contributed by atoms with Crippen LogP contribution >= 0.6 is 11.8 Å². The van der Waals surface area contributed by atoms with Crippen LogP contribution in [0, 0.1) is 0 Å². The van der Waals surface area contributed by atoms with Crippen LogP contribution in [0.2, 0.25) is 0 Å². The Morgan fingerprint density at radius 1 is 1.14 bits per heavy atom. The topological polar surface area (TPSA) is 45.6 Å². The predicted molar refractivity (Wildman–Crippen MR) is 97.6 cm³/mol. The number of rotatable bonds is 10. The van der Waals surface area contributed by atoms with E-state index in [0.29, 0.717) is 6.61 Å². The molecule has 4 nitrogen and oxygen atoms in total. The van der Waals surface area contributed by atoms with Gasteiger partial charge in [-0.25, -0.2) is 0 Å². The molecule has 0 unspecified atom stereocenters. The molecule has 0 aliphatic rings. The molecule has 0 radical (unpaired) electrons. The van der Waals surface area contributed by atoms with Crippen molar-refractivity contribution in [2.24, 2.45) is 4.99 Å². The maximum Gasteiger partial charge on any atom is 0.191 e. The van der Waals surface area contributed by atoms with Crippen molar-refractivity contribution < 1.29 is 4.74 Å². The van der Waals surface area contributed by atoms with Crippen LogP contribution in [-0.2, 0) is 17.9 Å². The fraction of sp³-hybridized carbons (Fsp3) is 0.588. The molecule has 124 valence electrons. The summed E-state index contributed by atoms with van der Waals surface area (Å²) < 4.78 is 5.40. The van der Waals surface area contributed by atoms with E-state index in [1.54, 1.807) is 0 Å². The van der Waals surface area contributed by atoms with Gasteiger partial charge < -0.3 is 15.4 Å². The maximum atomic E-state index is 5.40. The van der Waals surface area contributed by atoms with Crippen molar-refractivity contribution in [2.45, 2.75) is 32.9 Å². The second kappa shape index (κ2) is 12.4. The number of nitrogens with one attached hydrogen (secondary N) is 2. The van der Waals surface area contributed by atoms with E-state index in [1.165, 1.54) is 29.7 Å². The van der Waals surface area contributed by atoms with E-state index in [0.717, 1.165) is 25.7 Å². The molecule has 0 fully saturated rings. The lowest BCUT2D eigenvalue weighted by Crippen LogP contribution is -2.37. The number of hydrogen-bond acceptors (Lipinski definition) is 3. The van der Waals surface area contributed by atoms with Gasteiger partial charge in [0.2, 0.25) is 0 Å². The highest BCUT2D eigenvalue weighted by molar-refractivity contribution is 7.98. The van der Waals surface area contributed by atoms with Gasteiger partial charge in [0.1, 0.15) is 0 Å². The zero-order valence-corrected chi connectivity index (χ0v) is 14.8. The van der Waals surface area contributed by atoms with Crippen LogP contribution in [0.15, 0.2) is 29.3 Å². The van der Waals surface area contributed by atoms with Crippen molar-refractivity contribution in [3.05, 3.63) is 35.4 Å². The lowest BCUT2D eigenvalue weighted by Gasteiger charge is -2.12.